The van der Waals surface area contributed by atoms with Crippen LogP contribution in [-0.2, 0) is 5.41 Å². The molecule has 226 valence electrons. The number of rotatable bonds is 4. The van der Waals surface area contributed by atoms with Gasteiger partial charge in [0.1, 0.15) is 0 Å². The van der Waals surface area contributed by atoms with Crippen molar-refractivity contribution in [2.75, 3.05) is 9.80 Å². The molecule has 2 heteroatoms. The lowest BCUT2D eigenvalue weighted by Crippen LogP contribution is -2.30. The summed E-state index contributed by atoms with van der Waals surface area (Å²) in [6, 6.07) is 53.8. The molecule has 0 aromatic heterocycles. The second-order valence-corrected chi connectivity index (χ2v) is 13.4. The summed E-state index contributed by atoms with van der Waals surface area (Å²) in [5.74, 6) is 0.388. The molecule has 1 aliphatic carbocycles. The third-order valence-electron chi connectivity index (χ3n) is 10.4. The molecule has 2 heterocycles. The molecule has 2 unspecified atom stereocenters. The zero-order valence-electron chi connectivity index (χ0n) is 26.7. The first-order valence-electron chi connectivity index (χ1n) is 16.6. The molecule has 9 rings (SSSR count). The molecule has 0 saturated carbocycles. The van der Waals surface area contributed by atoms with Crippen LogP contribution >= 0.6 is 0 Å². The zero-order valence-corrected chi connectivity index (χ0v) is 26.7. The van der Waals surface area contributed by atoms with Gasteiger partial charge in [0.15, 0.2) is 0 Å². The Morgan fingerprint density at radius 1 is 0.468 bits per heavy atom. The van der Waals surface area contributed by atoms with Crippen molar-refractivity contribution < 1.29 is 0 Å². The molecule has 0 bridgehead atoms. The molecule has 0 spiro atoms. The van der Waals surface area contributed by atoms with Crippen LogP contribution in [0.25, 0.3) is 22.3 Å². The maximum Gasteiger partial charge on any atom is 0.0629 e. The molecule has 3 aliphatic rings. The highest BCUT2D eigenvalue weighted by Crippen LogP contribution is 2.53. The van der Waals surface area contributed by atoms with Gasteiger partial charge in [-0.3, -0.25) is 0 Å². The molecule has 2 atom stereocenters. The van der Waals surface area contributed by atoms with Crippen molar-refractivity contribution in [1.82, 2.24) is 0 Å². The van der Waals surface area contributed by atoms with Crippen molar-refractivity contribution in [3.8, 4) is 22.3 Å². The van der Waals surface area contributed by atoms with Crippen LogP contribution in [0.2, 0.25) is 0 Å². The van der Waals surface area contributed by atoms with Crippen molar-refractivity contribution in [1.29, 1.82) is 0 Å². The lowest BCUT2D eigenvalue weighted by molar-refractivity contribution is 0.632. The van der Waals surface area contributed by atoms with E-state index in [9.17, 15) is 0 Å². The number of allylic oxidation sites excluding steroid dienone is 2. The summed E-state index contributed by atoms with van der Waals surface area (Å²) in [6.07, 6.45) is 9.04. The lowest BCUT2D eigenvalue weighted by atomic mass is 9.73. The molecule has 47 heavy (non-hydrogen) atoms. The highest BCUT2D eigenvalue weighted by atomic mass is 15.2. The predicted octanol–water partition coefficient (Wildman–Crippen LogP) is 11.9. The Morgan fingerprint density at radius 3 is 1.83 bits per heavy atom. The maximum absolute atomic E-state index is 2.50. The Labute approximate surface area is 277 Å². The number of hydrogen-bond donors (Lipinski definition) is 0. The molecule has 0 saturated heterocycles. The van der Waals surface area contributed by atoms with Gasteiger partial charge in [0, 0.05) is 28.4 Å². The molecule has 2 nitrogen and oxygen atoms in total. The van der Waals surface area contributed by atoms with Gasteiger partial charge in [-0.1, -0.05) is 135 Å². The zero-order chi connectivity index (χ0) is 31.5. The topological polar surface area (TPSA) is 6.48 Å². The lowest BCUT2D eigenvalue weighted by Gasteiger charge is -2.42. The highest BCUT2D eigenvalue weighted by molar-refractivity contribution is 5.88. The molecule has 6 aromatic rings. The number of anilines is 5. The van der Waals surface area contributed by atoms with Crippen LogP contribution in [0.4, 0.5) is 28.4 Å². The van der Waals surface area contributed by atoms with Gasteiger partial charge in [-0.15, -0.1) is 0 Å². The molecule has 0 N–H and O–H groups in total. The van der Waals surface area contributed by atoms with Crippen molar-refractivity contribution in [3.63, 3.8) is 0 Å². The van der Waals surface area contributed by atoms with Crippen LogP contribution in [0.3, 0.4) is 0 Å². The number of nitrogens with zero attached hydrogens (tertiary/aromatic N) is 2. The van der Waals surface area contributed by atoms with Crippen molar-refractivity contribution in [3.05, 3.63) is 187 Å². The van der Waals surface area contributed by atoms with Crippen molar-refractivity contribution in [2.24, 2.45) is 0 Å². The standard InChI is InChI=1S/C45H36N2/c1-45(2)39-16-8-11-19-43(39)47(36-25-20-32(21-26-36)31-12-4-3-5-13-31)44-29-24-34(30-40(44)45)33-22-27-35(28-23-33)46-41-17-9-6-14-37(41)38-15-7-10-18-42(38)46/h3-30,37,41H,1-2H3. The Hall–Kier alpha value is -5.60. The minimum absolute atomic E-state index is 0.155. The summed E-state index contributed by atoms with van der Waals surface area (Å²) in [5.41, 5.74) is 15.0. The Bertz CT molecular complexity index is 2170. The average molecular weight is 605 g/mol. The van der Waals surface area contributed by atoms with Crippen LogP contribution < -0.4 is 9.80 Å². The first-order chi connectivity index (χ1) is 23.1. The highest BCUT2D eigenvalue weighted by Gasteiger charge is 2.38. The van der Waals surface area contributed by atoms with E-state index in [2.05, 4.69) is 194 Å². The Balaban J connectivity index is 1.09. The van der Waals surface area contributed by atoms with E-state index in [1.807, 2.05) is 0 Å². The van der Waals surface area contributed by atoms with Gasteiger partial charge in [-0.25, -0.2) is 0 Å². The van der Waals surface area contributed by atoms with Gasteiger partial charge in [0.25, 0.3) is 0 Å². The van der Waals surface area contributed by atoms with Crippen LogP contribution in [0, 0.1) is 0 Å². The fourth-order valence-electron chi connectivity index (χ4n) is 8.00. The van der Waals surface area contributed by atoms with Gasteiger partial charge in [0.2, 0.25) is 0 Å². The number of fused-ring (bicyclic) bond motifs is 5. The normalized spacial score (nSPS) is 18.3. The summed E-state index contributed by atoms with van der Waals surface area (Å²) in [6.45, 7) is 4.72. The number of hydrogen-bond acceptors (Lipinski definition) is 2. The van der Waals surface area contributed by atoms with E-state index in [0.717, 1.165) is 0 Å². The fourth-order valence-corrected chi connectivity index (χ4v) is 8.00. The Morgan fingerprint density at radius 2 is 1.04 bits per heavy atom. The van der Waals surface area contributed by atoms with E-state index in [-0.39, 0.29) is 5.41 Å². The average Bonchev–Trinajstić information content (AvgIpc) is 3.47. The van der Waals surface area contributed by atoms with Gasteiger partial charge in [-0.05, 0) is 87.5 Å². The molecule has 0 fully saturated rings. The second kappa shape index (κ2) is 10.7. The van der Waals surface area contributed by atoms with E-state index < -0.39 is 0 Å². The monoisotopic (exact) mass is 604 g/mol. The summed E-state index contributed by atoms with van der Waals surface area (Å²) >= 11 is 0. The van der Waals surface area contributed by atoms with Gasteiger partial charge in [0.05, 0.1) is 17.4 Å². The SMILES string of the molecule is CC1(C)c2ccccc2N(c2ccc(-c3ccccc3)cc2)c2ccc(-c3ccc(N4c5ccccc5C5C=CC=CC54)cc3)cc21. The maximum atomic E-state index is 2.50. The van der Waals surface area contributed by atoms with E-state index in [0.29, 0.717) is 12.0 Å². The van der Waals surface area contributed by atoms with Crippen LogP contribution in [0.15, 0.2) is 170 Å². The summed E-state index contributed by atoms with van der Waals surface area (Å²) in [7, 11) is 0. The molecular formula is C45H36N2. The van der Waals surface area contributed by atoms with Gasteiger partial charge in [-0.2, -0.15) is 0 Å². The quantitative estimate of drug-likeness (QED) is 0.197. The summed E-state index contributed by atoms with van der Waals surface area (Å²) in [4.78, 5) is 4.93. The smallest absolute Gasteiger partial charge is 0.0629 e. The largest absolute Gasteiger partial charge is 0.333 e. The van der Waals surface area contributed by atoms with Crippen LogP contribution in [0.5, 0.6) is 0 Å². The molecule has 6 aromatic carbocycles. The van der Waals surface area contributed by atoms with E-state index in [1.165, 1.54) is 67.4 Å². The molecule has 0 amide bonds. The first-order valence-corrected chi connectivity index (χ1v) is 16.6. The predicted molar refractivity (Wildman–Crippen MR) is 198 cm³/mol. The first kappa shape index (κ1) is 27.7. The van der Waals surface area contributed by atoms with Crippen molar-refractivity contribution >= 4 is 28.4 Å². The van der Waals surface area contributed by atoms with Crippen LogP contribution in [-0.4, -0.2) is 6.04 Å². The summed E-state index contributed by atoms with van der Waals surface area (Å²) in [5, 5.41) is 0. The van der Waals surface area contributed by atoms with E-state index in [4.69, 9.17) is 0 Å². The number of benzene rings is 6. The van der Waals surface area contributed by atoms with Crippen LogP contribution in [0.1, 0.15) is 36.5 Å². The second-order valence-electron chi connectivity index (χ2n) is 13.4. The number of para-hydroxylation sites is 2. The molecule has 2 aliphatic heterocycles. The van der Waals surface area contributed by atoms with Gasteiger partial charge < -0.3 is 9.80 Å². The van der Waals surface area contributed by atoms with E-state index >= 15 is 0 Å². The van der Waals surface area contributed by atoms with E-state index in [1.54, 1.807) is 0 Å². The third-order valence-corrected chi connectivity index (χ3v) is 10.4. The fraction of sp³-hybridized carbons (Fsp3) is 0.111. The third kappa shape index (κ3) is 4.40. The van der Waals surface area contributed by atoms with Crippen molar-refractivity contribution in [2.45, 2.75) is 31.2 Å². The Kier molecular flexibility index (Phi) is 6.33. The molecule has 0 radical (unpaired) electrons. The minimum atomic E-state index is -0.155. The van der Waals surface area contributed by atoms with Gasteiger partial charge >= 0.3 is 0 Å². The minimum Gasteiger partial charge on any atom is -0.333 e. The summed E-state index contributed by atoms with van der Waals surface area (Å²) < 4.78 is 0. The molecular weight excluding hydrogens is 569 g/mol.